The highest BCUT2D eigenvalue weighted by Gasteiger charge is 2.37. The molecule has 1 heterocycles. The van der Waals surface area contributed by atoms with E-state index in [1.165, 1.54) is 0 Å². The van der Waals surface area contributed by atoms with Gasteiger partial charge in [0.05, 0.1) is 28.1 Å². The first-order valence-corrected chi connectivity index (χ1v) is 10.2. The summed E-state index contributed by atoms with van der Waals surface area (Å²) < 4.78 is 16.7. The SMILES string of the molecule is CCOC(=O)C1=C(C)OC(N)=C(C#N)C1c1ccccc1OCc1ccc(Cl)c(Cl)c1. The van der Waals surface area contributed by atoms with Crippen LogP contribution in [-0.2, 0) is 20.9 Å². The molecule has 0 saturated carbocycles. The molecule has 0 aromatic heterocycles. The van der Waals surface area contributed by atoms with E-state index in [1.54, 1.807) is 56.3 Å². The third-order valence-corrected chi connectivity index (χ3v) is 5.45. The fraction of sp³-hybridized carbons (Fsp3) is 0.217. The van der Waals surface area contributed by atoms with Crippen molar-refractivity contribution in [2.75, 3.05) is 6.61 Å². The molecular formula is C23H20Cl2N2O4. The van der Waals surface area contributed by atoms with Crippen molar-refractivity contribution in [2.45, 2.75) is 26.4 Å². The van der Waals surface area contributed by atoms with Crippen molar-refractivity contribution in [1.29, 1.82) is 5.26 Å². The van der Waals surface area contributed by atoms with E-state index in [0.29, 0.717) is 21.4 Å². The number of hydrogen-bond donors (Lipinski definition) is 1. The Morgan fingerprint density at radius 2 is 1.97 bits per heavy atom. The van der Waals surface area contributed by atoms with Crippen LogP contribution in [0.2, 0.25) is 10.0 Å². The summed E-state index contributed by atoms with van der Waals surface area (Å²) in [4.78, 5) is 12.7. The number of nitrogens with zero attached hydrogens (tertiary/aromatic N) is 1. The molecule has 160 valence electrons. The molecule has 0 bridgehead atoms. The fourth-order valence-corrected chi connectivity index (χ4v) is 3.63. The molecule has 1 aliphatic heterocycles. The number of carbonyl (C=O) groups is 1. The van der Waals surface area contributed by atoms with Crippen LogP contribution in [0.4, 0.5) is 0 Å². The number of nitrogens with two attached hydrogens (primary N) is 1. The average molecular weight is 459 g/mol. The number of allylic oxidation sites excluding steroid dienone is 2. The molecule has 6 nitrogen and oxygen atoms in total. The van der Waals surface area contributed by atoms with Gasteiger partial charge in [0.2, 0.25) is 5.88 Å². The van der Waals surface area contributed by atoms with Gasteiger partial charge in [0.15, 0.2) is 0 Å². The molecule has 1 unspecified atom stereocenters. The summed E-state index contributed by atoms with van der Waals surface area (Å²) in [6.07, 6.45) is 0. The Hall–Kier alpha value is -3.14. The Morgan fingerprint density at radius 1 is 1.23 bits per heavy atom. The number of benzene rings is 2. The number of rotatable bonds is 6. The molecule has 2 aromatic rings. The third-order valence-electron chi connectivity index (χ3n) is 4.71. The van der Waals surface area contributed by atoms with E-state index >= 15 is 0 Å². The largest absolute Gasteiger partial charge is 0.489 e. The Bertz CT molecular complexity index is 1120. The molecule has 0 aliphatic carbocycles. The maximum absolute atomic E-state index is 12.7. The second-order valence-corrected chi connectivity index (χ2v) is 7.50. The van der Waals surface area contributed by atoms with Crippen LogP contribution in [0.3, 0.4) is 0 Å². The van der Waals surface area contributed by atoms with Gasteiger partial charge < -0.3 is 19.9 Å². The zero-order valence-corrected chi connectivity index (χ0v) is 18.5. The minimum atomic E-state index is -0.789. The Morgan fingerprint density at radius 3 is 2.65 bits per heavy atom. The van der Waals surface area contributed by atoms with Crippen molar-refractivity contribution in [2.24, 2.45) is 5.73 Å². The fourth-order valence-electron chi connectivity index (χ4n) is 3.31. The zero-order valence-electron chi connectivity index (χ0n) is 16.9. The lowest BCUT2D eigenvalue weighted by molar-refractivity contribution is -0.139. The third kappa shape index (κ3) is 4.79. The smallest absolute Gasteiger partial charge is 0.338 e. The van der Waals surface area contributed by atoms with Crippen LogP contribution in [0.5, 0.6) is 5.75 Å². The maximum Gasteiger partial charge on any atom is 0.338 e. The number of nitriles is 1. The van der Waals surface area contributed by atoms with Gasteiger partial charge >= 0.3 is 5.97 Å². The first-order valence-electron chi connectivity index (χ1n) is 9.48. The van der Waals surface area contributed by atoms with E-state index < -0.39 is 11.9 Å². The molecule has 0 amide bonds. The van der Waals surface area contributed by atoms with Crippen molar-refractivity contribution in [3.05, 3.63) is 86.4 Å². The predicted octanol–water partition coefficient (Wildman–Crippen LogP) is 5.22. The molecule has 31 heavy (non-hydrogen) atoms. The average Bonchev–Trinajstić information content (AvgIpc) is 2.74. The van der Waals surface area contributed by atoms with E-state index in [9.17, 15) is 10.1 Å². The highest BCUT2D eigenvalue weighted by Crippen LogP contribution is 2.43. The molecule has 1 aliphatic rings. The molecular weight excluding hydrogens is 439 g/mol. The van der Waals surface area contributed by atoms with Gasteiger partial charge in [-0.25, -0.2) is 4.79 Å². The van der Waals surface area contributed by atoms with Crippen LogP contribution in [0.1, 0.15) is 30.9 Å². The Kier molecular flexibility index (Phi) is 7.11. The number of ether oxygens (including phenoxy) is 3. The number of carbonyl (C=O) groups excluding carboxylic acids is 1. The number of para-hydroxylation sites is 1. The molecule has 0 saturated heterocycles. The highest BCUT2D eigenvalue weighted by atomic mass is 35.5. The molecule has 8 heteroatoms. The monoisotopic (exact) mass is 458 g/mol. The van der Waals surface area contributed by atoms with Crippen LogP contribution in [-0.4, -0.2) is 12.6 Å². The van der Waals surface area contributed by atoms with Crippen LogP contribution >= 0.6 is 23.2 Å². The minimum absolute atomic E-state index is 0.0580. The molecule has 0 radical (unpaired) electrons. The van der Waals surface area contributed by atoms with Gasteiger partial charge in [-0.05, 0) is 37.6 Å². The van der Waals surface area contributed by atoms with Gasteiger partial charge in [-0.2, -0.15) is 5.26 Å². The van der Waals surface area contributed by atoms with Crippen LogP contribution in [0.25, 0.3) is 0 Å². The standard InChI is InChI=1S/C23H20Cl2N2O4/c1-3-29-23(28)20-13(2)31-22(27)16(11-26)21(20)15-6-4-5-7-19(15)30-12-14-8-9-17(24)18(25)10-14/h4-10,21H,3,12,27H2,1-2H3. The molecule has 0 spiro atoms. The lowest BCUT2D eigenvalue weighted by Crippen LogP contribution is -2.26. The molecule has 3 rings (SSSR count). The van der Waals surface area contributed by atoms with Gasteiger partial charge in [-0.1, -0.05) is 47.5 Å². The van der Waals surface area contributed by atoms with Crippen LogP contribution < -0.4 is 10.5 Å². The van der Waals surface area contributed by atoms with Gasteiger partial charge in [0, 0.05) is 5.56 Å². The normalized spacial score (nSPS) is 15.9. The molecule has 0 fully saturated rings. The summed E-state index contributed by atoms with van der Waals surface area (Å²) in [5.74, 6) is -0.667. The van der Waals surface area contributed by atoms with E-state index in [4.69, 9.17) is 43.1 Å². The van der Waals surface area contributed by atoms with Crippen molar-refractivity contribution in [3.8, 4) is 11.8 Å². The second-order valence-electron chi connectivity index (χ2n) is 6.69. The topological polar surface area (TPSA) is 94.6 Å². The molecule has 2 N–H and O–H groups in total. The quantitative estimate of drug-likeness (QED) is 0.596. The van der Waals surface area contributed by atoms with E-state index in [1.807, 2.05) is 0 Å². The van der Waals surface area contributed by atoms with Gasteiger partial charge in [0.1, 0.15) is 29.8 Å². The van der Waals surface area contributed by atoms with Crippen molar-refractivity contribution >= 4 is 29.2 Å². The van der Waals surface area contributed by atoms with Crippen LogP contribution in [0.15, 0.2) is 65.3 Å². The first kappa shape index (κ1) is 22.5. The van der Waals surface area contributed by atoms with Crippen LogP contribution in [0, 0.1) is 11.3 Å². The lowest BCUT2D eigenvalue weighted by atomic mass is 9.82. The number of hydrogen-bond acceptors (Lipinski definition) is 6. The maximum atomic E-state index is 12.7. The van der Waals surface area contributed by atoms with Gasteiger partial charge in [-0.3, -0.25) is 0 Å². The minimum Gasteiger partial charge on any atom is -0.489 e. The summed E-state index contributed by atoms with van der Waals surface area (Å²) in [5, 5.41) is 10.6. The zero-order chi connectivity index (χ0) is 22.5. The summed E-state index contributed by atoms with van der Waals surface area (Å²) in [6, 6.07) is 14.4. The van der Waals surface area contributed by atoms with Crippen molar-refractivity contribution in [3.63, 3.8) is 0 Å². The summed E-state index contributed by atoms with van der Waals surface area (Å²) in [7, 11) is 0. The van der Waals surface area contributed by atoms with E-state index in [0.717, 1.165) is 5.56 Å². The van der Waals surface area contributed by atoms with Crippen molar-refractivity contribution < 1.29 is 19.0 Å². The Balaban J connectivity index is 2.02. The second kappa shape index (κ2) is 9.78. The molecule has 1 atom stereocenters. The highest BCUT2D eigenvalue weighted by molar-refractivity contribution is 6.42. The molecule has 2 aromatic carbocycles. The number of esters is 1. The first-order chi connectivity index (χ1) is 14.9. The van der Waals surface area contributed by atoms with E-state index in [-0.39, 0.29) is 36.0 Å². The van der Waals surface area contributed by atoms with Gasteiger partial charge in [0.25, 0.3) is 0 Å². The summed E-state index contributed by atoms with van der Waals surface area (Å²) in [5.41, 5.74) is 7.69. The summed E-state index contributed by atoms with van der Waals surface area (Å²) in [6.45, 7) is 3.70. The Labute approximate surface area is 190 Å². The van der Waals surface area contributed by atoms with Crippen molar-refractivity contribution in [1.82, 2.24) is 0 Å². The summed E-state index contributed by atoms with van der Waals surface area (Å²) >= 11 is 12.1. The number of halogens is 2. The van der Waals surface area contributed by atoms with Gasteiger partial charge in [-0.15, -0.1) is 0 Å². The predicted molar refractivity (Wildman–Crippen MR) is 117 cm³/mol. The lowest BCUT2D eigenvalue weighted by Gasteiger charge is -2.28. The van der Waals surface area contributed by atoms with E-state index in [2.05, 4.69) is 6.07 Å².